The highest BCUT2D eigenvalue weighted by Gasteiger charge is 2.20. The Morgan fingerprint density at radius 1 is 1.62 bits per heavy atom. The molecular formula is C8H7N3OS. The number of H-pyrrole nitrogens is 1. The zero-order valence-corrected chi connectivity index (χ0v) is 7.57. The third-order valence-corrected chi connectivity index (χ3v) is 3.16. The lowest BCUT2D eigenvalue weighted by Gasteiger charge is -2.02. The van der Waals surface area contributed by atoms with Gasteiger partial charge in [0.05, 0.1) is 0 Å². The molecule has 1 aliphatic rings. The third-order valence-electron chi connectivity index (χ3n) is 2.01. The number of aromatic nitrogens is 1. The fraction of sp³-hybridized carbons (Fsp3) is 0.250. The second-order valence-electron chi connectivity index (χ2n) is 2.76. The maximum absolute atomic E-state index is 11.3. The van der Waals surface area contributed by atoms with Crippen LogP contribution in [0, 0.1) is 11.3 Å². The van der Waals surface area contributed by atoms with E-state index < -0.39 is 0 Å². The molecule has 1 aromatic heterocycles. The number of nitrogen functional groups attached to an aromatic ring is 1. The molecule has 2 rings (SSSR count). The van der Waals surface area contributed by atoms with Crippen molar-refractivity contribution in [1.82, 2.24) is 4.98 Å². The summed E-state index contributed by atoms with van der Waals surface area (Å²) >= 11 is 1.52. The minimum atomic E-state index is -0.381. The van der Waals surface area contributed by atoms with Crippen molar-refractivity contribution in [2.45, 2.75) is 11.3 Å². The van der Waals surface area contributed by atoms with Gasteiger partial charge in [-0.2, -0.15) is 5.26 Å². The monoisotopic (exact) mass is 193 g/mol. The van der Waals surface area contributed by atoms with Crippen molar-refractivity contribution in [2.24, 2.45) is 0 Å². The molecule has 0 atom stereocenters. The van der Waals surface area contributed by atoms with E-state index in [2.05, 4.69) is 4.98 Å². The summed E-state index contributed by atoms with van der Waals surface area (Å²) in [6, 6.07) is 1.90. The summed E-state index contributed by atoms with van der Waals surface area (Å²) in [4.78, 5) is 14.5. The second-order valence-corrected chi connectivity index (χ2v) is 3.87. The average molecular weight is 193 g/mol. The second kappa shape index (κ2) is 2.82. The standard InChI is InChI=1S/C8H7N3OS/c9-3-5-6-4(1-2-13-6)7(10)11-8(5)12/h1-2H2,(H3,10,11,12). The molecule has 66 valence electrons. The first-order chi connectivity index (χ1) is 6.24. The van der Waals surface area contributed by atoms with Crippen LogP contribution in [0.2, 0.25) is 0 Å². The molecule has 1 aromatic rings. The zero-order chi connectivity index (χ0) is 9.42. The van der Waals surface area contributed by atoms with Gasteiger partial charge >= 0.3 is 0 Å². The molecule has 13 heavy (non-hydrogen) atoms. The summed E-state index contributed by atoms with van der Waals surface area (Å²) in [5, 5.41) is 8.75. The number of nitriles is 1. The lowest BCUT2D eigenvalue weighted by molar-refractivity contribution is 1.07. The molecule has 0 saturated carbocycles. The number of pyridine rings is 1. The van der Waals surface area contributed by atoms with Crippen LogP contribution in [0.25, 0.3) is 0 Å². The van der Waals surface area contributed by atoms with Crippen molar-refractivity contribution in [3.63, 3.8) is 0 Å². The smallest absolute Gasteiger partial charge is 0.268 e. The Bertz CT molecular complexity index is 458. The molecule has 2 heterocycles. The number of fused-ring (bicyclic) bond motifs is 1. The number of nitrogens with two attached hydrogens (primary N) is 1. The van der Waals surface area contributed by atoms with Crippen molar-refractivity contribution < 1.29 is 0 Å². The summed E-state index contributed by atoms with van der Waals surface area (Å²) in [5.41, 5.74) is 6.36. The molecule has 0 amide bonds. The van der Waals surface area contributed by atoms with E-state index in [4.69, 9.17) is 11.0 Å². The molecule has 0 saturated heterocycles. The van der Waals surface area contributed by atoms with Crippen LogP contribution in [0.4, 0.5) is 5.82 Å². The van der Waals surface area contributed by atoms with E-state index in [0.717, 1.165) is 22.6 Å². The predicted octanol–water partition coefficient (Wildman–Crippen LogP) is 0.477. The molecule has 0 aromatic carbocycles. The van der Waals surface area contributed by atoms with Gasteiger partial charge in [0.15, 0.2) is 0 Å². The molecule has 1 aliphatic heterocycles. The van der Waals surface area contributed by atoms with Crippen LogP contribution in [0.3, 0.4) is 0 Å². The number of thioether (sulfide) groups is 1. The van der Waals surface area contributed by atoms with Crippen molar-refractivity contribution in [3.8, 4) is 6.07 Å². The molecule has 0 fully saturated rings. The van der Waals surface area contributed by atoms with Crippen LogP contribution in [-0.4, -0.2) is 10.7 Å². The highest BCUT2D eigenvalue weighted by molar-refractivity contribution is 7.99. The molecule has 0 radical (unpaired) electrons. The first-order valence-electron chi connectivity index (χ1n) is 3.81. The maximum Gasteiger partial charge on any atom is 0.268 e. The SMILES string of the molecule is N#Cc1c2c(c(N)[nH]c1=O)CCS2. The Kier molecular flexibility index (Phi) is 1.78. The molecule has 0 unspecified atom stereocenters. The summed E-state index contributed by atoms with van der Waals surface area (Å²) in [7, 11) is 0. The lowest BCUT2D eigenvalue weighted by atomic mass is 10.1. The van der Waals surface area contributed by atoms with Crippen molar-refractivity contribution in [1.29, 1.82) is 5.26 Å². The lowest BCUT2D eigenvalue weighted by Crippen LogP contribution is -2.15. The fourth-order valence-electron chi connectivity index (χ4n) is 1.40. The molecule has 3 N–H and O–H groups in total. The van der Waals surface area contributed by atoms with Crippen LogP contribution >= 0.6 is 11.8 Å². The van der Waals surface area contributed by atoms with Gasteiger partial charge in [-0.1, -0.05) is 0 Å². The van der Waals surface area contributed by atoms with Gasteiger partial charge in [0.2, 0.25) is 0 Å². The van der Waals surface area contributed by atoms with E-state index in [1.54, 1.807) is 0 Å². The van der Waals surface area contributed by atoms with Gasteiger partial charge in [0, 0.05) is 16.2 Å². The Hall–Kier alpha value is -1.41. The Morgan fingerprint density at radius 2 is 2.38 bits per heavy atom. The molecule has 4 nitrogen and oxygen atoms in total. The van der Waals surface area contributed by atoms with E-state index in [1.807, 2.05) is 6.07 Å². The van der Waals surface area contributed by atoms with Gasteiger partial charge in [-0.05, 0) is 6.42 Å². The minimum absolute atomic E-state index is 0.201. The van der Waals surface area contributed by atoms with Crippen LogP contribution < -0.4 is 11.3 Å². The number of hydrogen-bond acceptors (Lipinski definition) is 4. The first kappa shape index (κ1) is 8.20. The fourth-order valence-corrected chi connectivity index (χ4v) is 2.58. The highest BCUT2D eigenvalue weighted by atomic mass is 32.2. The number of nitrogens with one attached hydrogen (secondary N) is 1. The van der Waals surface area contributed by atoms with Crippen molar-refractivity contribution in [2.75, 3.05) is 11.5 Å². The molecule has 0 spiro atoms. The van der Waals surface area contributed by atoms with Gasteiger partial charge in [-0.25, -0.2) is 0 Å². The van der Waals surface area contributed by atoms with E-state index in [1.165, 1.54) is 11.8 Å². The molecule has 5 heteroatoms. The van der Waals surface area contributed by atoms with Gasteiger partial charge in [0.1, 0.15) is 17.5 Å². The number of aromatic amines is 1. The van der Waals surface area contributed by atoms with Crippen LogP contribution in [0.15, 0.2) is 9.69 Å². The number of nitrogens with zero attached hydrogens (tertiary/aromatic N) is 1. The third kappa shape index (κ3) is 1.11. The largest absolute Gasteiger partial charge is 0.385 e. The maximum atomic E-state index is 11.3. The van der Waals surface area contributed by atoms with Crippen LogP contribution in [0.1, 0.15) is 11.1 Å². The van der Waals surface area contributed by atoms with Crippen LogP contribution in [0.5, 0.6) is 0 Å². The summed E-state index contributed by atoms with van der Waals surface area (Å²) < 4.78 is 0. The Balaban J connectivity index is 2.82. The van der Waals surface area contributed by atoms with Gasteiger partial charge in [-0.15, -0.1) is 11.8 Å². The number of hydrogen-bond donors (Lipinski definition) is 2. The summed E-state index contributed by atoms with van der Waals surface area (Å²) in [6.45, 7) is 0. The minimum Gasteiger partial charge on any atom is -0.385 e. The topological polar surface area (TPSA) is 82.7 Å². The van der Waals surface area contributed by atoms with E-state index in [-0.39, 0.29) is 11.1 Å². The summed E-state index contributed by atoms with van der Waals surface area (Å²) in [5.74, 6) is 1.30. The number of rotatable bonds is 0. The van der Waals surface area contributed by atoms with E-state index in [0.29, 0.717) is 5.82 Å². The normalized spacial score (nSPS) is 13.8. The van der Waals surface area contributed by atoms with Crippen LogP contribution in [-0.2, 0) is 6.42 Å². The van der Waals surface area contributed by atoms with Crippen molar-refractivity contribution >= 4 is 17.6 Å². The quantitative estimate of drug-likeness (QED) is 0.627. The van der Waals surface area contributed by atoms with Gasteiger partial charge < -0.3 is 10.7 Å². The Morgan fingerprint density at radius 3 is 3.08 bits per heavy atom. The predicted molar refractivity (Wildman–Crippen MR) is 50.6 cm³/mol. The van der Waals surface area contributed by atoms with E-state index in [9.17, 15) is 4.79 Å². The summed E-state index contributed by atoms with van der Waals surface area (Å²) in [6.07, 6.45) is 0.831. The highest BCUT2D eigenvalue weighted by Crippen LogP contribution is 2.34. The molecular weight excluding hydrogens is 186 g/mol. The van der Waals surface area contributed by atoms with Gasteiger partial charge in [0.25, 0.3) is 5.56 Å². The zero-order valence-electron chi connectivity index (χ0n) is 6.76. The average Bonchev–Trinajstić information content (AvgIpc) is 2.53. The van der Waals surface area contributed by atoms with E-state index >= 15 is 0 Å². The first-order valence-corrected chi connectivity index (χ1v) is 4.80. The Labute approximate surface area is 78.8 Å². The molecule has 0 bridgehead atoms. The molecule has 0 aliphatic carbocycles. The van der Waals surface area contributed by atoms with Gasteiger partial charge in [-0.3, -0.25) is 4.79 Å². The van der Waals surface area contributed by atoms with Crippen molar-refractivity contribution in [3.05, 3.63) is 21.5 Å². The number of anilines is 1.